The van der Waals surface area contributed by atoms with Gasteiger partial charge in [-0.3, -0.25) is 0 Å². The normalized spacial score (nSPS) is 17.9. The van der Waals surface area contributed by atoms with Gasteiger partial charge in [0.1, 0.15) is 11.5 Å². The molecule has 3 rings (SSSR count). The van der Waals surface area contributed by atoms with Crippen LogP contribution in [0.25, 0.3) is 11.3 Å². The van der Waals surface area contributed by atoms with Crippen molar-refractivity contribution in [3.63, 3.8) is 0 Å². The molecule has 1 aromatic heterocycles. The standard InChI is InChI=1S/C16H19NO2.ClH/c1-2-5-13(6-3-1)16-9-8-15(19-16)12-17-11-14-7-4-10-18-14;/h1-3,5-6,8-9,14,17H,4,7,10-12H2;1H. The van der Waals surface area contributed by atoms with Crippen molar-refractivity contribution in [2.24, 2.45) is 0 Å². The van der Waals surface area contributed by atoms with Crippen LogP contribution in [0.1, 0.15) is 18.6 Å². The summed E-state index contributed by atoms with van der Waals surface area (Å²) in [5.74, 6) is 1.89. The van der Waals surface area contributed by atoms with Crippen molar-refractivity contribution in [2.75, 3.05) is 13.2 Å². The van der Waals surface area contributed by atoms with Crippen LogP contribution in [0.5, 0.6) is 0 Å². The van der Waals surface area contributed by atoms with Gasteiger partial charge in [-0.25, -0.2) is 0 Å². The molecule has 3 nitrogen and oxygen atoms in total. The molecule has 108 valence electrons. The van der Waals surface area contributed by atoms with E-state index in [4.69, 9.17) is 9.15 Å². The minimum atomic E-state index is 0. The summed E-state index contributed by atoms with van der Waals surface area (Å²) in [5, 5.41) is 3.39. The third-order valence-electron chi connectivity index (χ3n) is 3.42. The fourth-order valence-corrected chi connectivity index (χ4v) is 2.39. The van der Waals surface area contributed by atoms with Crippen LogP contribution in [0.4, 0.5) is 0 Å². The van der Waals surface area contributed by atoms with E-state index < -0.39 is 0 Å². The van der Waals surface area contributed by atoms with E-state index in [1.165, 1.54) is 12.8 Å². The lowest BCUT2D eigenvalue weighted by molar-refractivity contribution is 0.109. The molecule has 1 aromatic carbocycles. The van der Waals surface area contributed by atoms with Crippen molar-refractivity contribution in [3.05, 3.63) is 48.2 Å². The van der Waals surface area contributed by atoms with Crippen LogP contribution >= 0.6 is 12.4 Å². The Bertz CT molecular complexity index is 506. The van der Waals surface area contributed by atoms with Crippen molar-refractivity contribution in [1.29, 1.82) is 0 Å². The van der Waals surface area contributed by atoms with Crippen LogP contribution in [-0.2, 0) is 11.3 Å². The number of rotatable bonds is 5. The average molecular weight is 294 g/mol. The smallest absolute Gasteiger partial charge is 0.134 e. The monoisotopic (exact) mass is 293 g/mol. The van der Waals surface area contributed by atoms with Gasteiger partial charge in [-0.15, -0.1) is 12.4 Å². The van der Waals surface area contributed by atoms with Gasteiger partial charge in [-0.05, 0) is 25.0 Å². The number of halogens is 1. The molecule has 0 amide bonds. The van der Waals surface area contributed by atoms with Gasteiger partial charge >= 0.3 is 0 Å². The second kappa shape index (κ2) is 7.48. The summed E-state index contributed by atoms with van der Waals surface area (Å²) >= 11 is 0. The highest BCUT2D eigenvalue weighted by molar-refractivity contribution is 5.85. The summed E-state index contributed by atoms with van der Waals surface area (Å²) in [5.41, 5.74) is 1.12. The predicted molar refractivity (Wildman–Crippen MR) is 82.1 cm³/mol. The van der Waals surface area contributed by atoms with Crippen LogP contribution in [0.3, 0.4) is 0 Å². The summed E-state index contributed by atoms with van der Waals surface area (Å²) in [6, 6.07) is 14.2. The van der Waals surface area contributed by atoms with E-state index in [1.54, 1.807) is 0 Å². The van der Waals surface area contributed by atoms with Crippen molar-refractivity contribution < 1.29 is 9.15 Å². The Labute approximate surface area is 125 Å². The third-order valence-corrected chi connectivity index (χ3v) is 3.42. The Morgan fingerprint density at radius 1 is 1.10 bits per heavy atom. The number of nitrogens with one attached hydrogen (secondary N) is 1. The summed E-state index contributed by atoms with van der Waals surface area (Å²) < 4.78 is 11.4. The minimum Gasteiger partial charge on any atom is -0.460 e. The van der Waals surface area contributed by atoms with Gasteiger partial charge in [0.15, 0.2) is 0 Å². The molecular weight excluding hydrogens is 274 g/mol. The average Bonchev–Trinajstić information content (AvgIpc) is 3.11. The Kier molecular flexibility index (Phi) is 5.65. The fraction of sp³-hybridized carbons (Fsp3) is 0.375. The second-order valence-electron chi connectivity index (χ2n) is 4.90. The molecule has 1 fully saturated rings. The second-order valence-corrected chi connectivity index (χ2v) is 4.90. The van der Waals surface area contributed by atoms with E-state index in [1.807, 2.05) is 30.3 Å². The predicted octanol–water partition coefficient (Wildman–Crippen LogP) is 3.64. The zero-order valence-corrected chi connectivity index (χ0v) is 12.2. The summed E-state index contributed by atoms with van der Waals surface area (Å²) in [4.78, 5) is 0. The van der Waals surface area contributed by atoms with Crippen molar-refractivity contribution >= 4 is 12.4 Å². The maximum atomic E-state index is 5.83. The molecule has 0 saturated carbocycles. The van der Waals surface area contributed by atoms with Crippen LogP contribution in [0.2, 0.25) is 0 Å². The molecule has 0 aliphatic carbocycles. The zero-order valence-electron chi connectivity index (χ0n) is 11.4. The van der Waals surface area contributed by atoms with Gasteiger partial charge in [0.05, 0.1) is 12.6 Å². The van der Waals surface area contributed by atoms with Gasteiger partial charge in [-0.1, -0.05) is 30.3 Å². The van der Waals surface area contributed by atoms with E-state index >= 15 is 0 Å². The van der Waals surface area contributed by atoms with Crippen LogP contribution in [0.15, 0.2) is 46.9 Å². The Balaban J connectivity index is 0.00000147. The van der Waals surface area contributed by atoms with Crippen molar-refractivity contribution in [2.45, 2.75) is 25.5 Å². The first-order chi connectivity index (χ1) is 9.42. The molecule has 1 N–H and O–H groups in total. The van der Waals surface area contributed by atoms with E-state index in [9.17, 15) is 0 Å². The molecule has 1 aliphatic rings. The van der Waals surface area contributed by atoms with Gasteiger partial charge in [-0.2, -0.15) is 0 Å². The third kappa shape index (κ3) is 3.85. The number of benzene rings is 1. The summed E-state index contributed by atoms with van der Waals surface area (Å²) in [6.45, 7) is 2.57. The minimum absolute atomic E-state index is 0. The van der Waals surface area contributed by atoms with Gasteiger partial charge in [0.2, 0.25) is 0 Å². The van der Waals surface area contributed by atoms with Gasteiger partial charge < -0.3 is 14.5 Å². The van der Waals surface area contributed by atoms with Gasteiger partial charge in [0.25, 0.3) is 0 Å². The molecule has 1 aliphatic heterocycles. The molecule has 0 spiro atoms. The number of ether oxygens (including phenoxy) is 1. The highest BCUT2D eigenvalue weighted by Gasteiger charge is 2.14. The number of hydrogen-bond donors (Lipinski definition) is 1. The lowest BCUT2D eigenvalue weighted by atomic mass is 10.2. The first kappa shape index (κ1) is 15.1. The maximum absolute atomic E-state index is 5.83. The molecule has 4 heteroatoms. The highest BCUT2D eigenvalue weighted by atomic mass is 35.5. The van der Waals surface area contributed by atoms with E-state index in [-0.39, 0.29) is 12.4 Å². The van der Waals surface area contributed by atoms with Crippen molar-refractivity contribution in [1.82, 2.24) is 5.32 Å². The molecule has 2 aromatic rings. The van der Waals surface area contributed by atoms with Crippen molar-refractivity contribution in [3.8, 4) is 11.3 Å². The molecule has 1 unspecified atom stereocenters. The lowest BCUT2D eigenvalue weighted by Gasteiger charge is -2.09. The van der Waals surface area contributed by atoms with E-state index in [0.29, 0.717) is 6.10 Å². The molecule has 2 heterocycles. The van der Waals surface area contributed by atoms with E-state index in [2.05, 4.69) is 17.4 Å². The summed E-state index contributed by atoms with van der Waals surface area (Å²) in [6.07, 6.45) is 2.73. The Morgan fingerprint density at radius 2 is 1.95 bits per heavy atom. The maximum Gasteiger partial charge on any atom is 0.134 e. The lowest BCUT2D eigenvalue weighted by Crippen LogP contribution is -2.25. The highest BCUT2D eigenvalue weighted by Crippen LogP contribution is 2.21. The SMILES string of the molecule is Cl.c1ccc(-c2ccc(CNCC3CCCO3)o2)cc1. The topological polar surface area (TPSA) is 34.4 Å². The quantitative estimate of drug-likeness (QED) is 0.914. The summed E-state index contributed by atoms with van der Waals surface area (Å²) in [7, 11) is 0. The van der Waals surface area contributed by atoms with Crippen LogP contribution < -0.4 is 5.32 Å². The van der Waals surface area contributed by atoms with Crippen LogP contribution in [0, 0.1) is 0 Å². The fourth-order valence-electron chi connectivity index (χ4n) is 2.39. The molecular formula is C16H20ClNO2. The Morgan fingerprint density at radius 3 is 2.70 bits per heavy atom. The molecule has 20 heavy (non-hydrogen) atoms. The number of furan rings is 1. The molecule has 0 bridgehead atoms. The Hall–Kier alpha value is -1.29. The first-order valence-electron chi connectivity index (χ1n) is 6.88. The largest absolute Gasteiger partial charge is 0.460 e. The molecule has 0 radical (unpaired) electrons. The van der Waals surface area contributed by atoms with Gasteiger partial charge in [0, 0.05) is 18.7 Å². The first-order valence-corrected chi connectivity index (χ1v) is 6.88. The molecule has 1 atom stereocenters. The zero-order chi connectivity index (χ0) is 12.9. The number of hydrogen-bond acceptors (Lipinski definition) is 3. The van der Waals surface area contributed by atoms with Crippen LogP contribution in [-0.4, -0.2) is 19.3 Å². The molecule has 1 saturated heterocycles. The van der Waals surface area contributed by atoms with E-state index in [0.717, 1.165) is 36.8 Å².